The van der Waals surface area contributed by atoms with Crippen LogP contribution in [0.3, 0.4) is 0 Å². The van der Waals surface area contributed by atoms with Crippen molar-refractivity contribution in [1.82, 2.24) is 4.57 Å². The summed E-state index contributed by atoms with van der Waals surface area (Å²) in [5.74, 6) is 0. The van der Waals surface area contributed by atoms with Crippen LogP contribution in [0.25, 0.3) is 56.9 Å². The van der Waals surface area contributed by atoms with Crippen LogP contribution in [0.5, 0.6) is 0 Å². The Morgan fingerprint density at radius 2 is 1.35 bits per heavy atom. The van der Waals surface area contributed by atoms with Crippen LogP contribution in [0.4, 0.5) is 0 Å². The van der Waals surface area contributed by atoms with Crippen molar-refractivity contribution in [3.63, 3.8) is 0 Å². The molecule has 48 heavy (non-hydrogen) atoms. The van der Waals surface area contributed by atoms with Gasteiger partial charge in [-0.3, -0.25) is 0 Å². The molecule has 5 aromatic rings. The fourth-order valence-corrected chi connectivity index (χ4v) is 6.08. The molecule has 0 bridgehead atoms. The molecule has 0 aliphatic carbocycles. The highest BCUT2D eigenvalue weighted by Gasteiger charge is 2.21. The average molecular weight is 626 g/mol. The standard InChI is InChI=1S/C45H43N3/c1-7-34(37-20-22-38(23-21-37)36(9-3)30-47)29-44-32(5)33(6)45(48(44)42-18-11-10-12-19-42)43-25-24-41(27-35(43)8-2)40-17-13-16-39(28-40)31(4)15-14-26-46/h7-30H,1-3,46-47H2,4-6H3/b26-14-,31-15+,34-29+,36-30+. The van der Waals surface area contributed by atoms with Crippen molar-refractivity contribution in [2.45, 2.75) is 20.8 Å². The van der Waals surface area contributed by atoms with Gasteiger partial charge in [-0.1, -0.05) is 117 Å². The molecule has 0 aliphatic heterocycles. The Labute approximate surface area is 285 Å². The highest BCUT2D eigenvalue weighted by atomic mass is 15.0. The molecule has 0 saturated carbocycles. The van der Waals surface area contributed by atoms with Gasteiger partial charge in [0.1, 0.15) is 0 Å². The number of aromatic nitrogens is 1. The second-order valence-corrected chi connectivity index (χ2v) is 11.7. The normalized spacial score (nSPS) is 12.4. The number of hydrogen-bond acceptors (Lipinski definition) is 2. The predicted molar refractivity (Wildman–Crippen MR) is 210 cm³/mol. The van der Waals surface area contributed by atoms with E-state index >= 15 is 0 Å². The molecule has 3 nitrogen and oxygen atoms in total. The second-order valence-electron chi connectivity index (χ2n) is 11.7. The number of hydrogen-bond donors (Lipinski definition) is 2. The quantitative estimate of drug-likeness (QED) is 0.144. The van der Waals surface area contributed by atoms with E-state index in [1.165, 1.54) is 11.1 Å². The lowest BCUT2D eigenvalue weighted by Crippen LogP contribution is -2.01. The molecule has 0 radical (unpaired) electrons. The van der Waals surface area contributed by atoms with Gasteiger partial charge in [0, 0.05) is 17.5 Å². The van der Waals surface area contributed by atoms with E-state index in [2.05, 4.69) is 142 Å². The fourth-order valence-electron chi connectivity index (χ4n) is 6.08. The lowest BCUT2D eigenvalue weighted by molar-refractivity contribution is 1.06. The van der Waals surface area contributed by atoms with Crippen LogP contribution >= 0.6 is 0 Å². The molecule has 0 fully saturated rings. The third-order valence-corrected chi connectivity index (χ3v) is 8.88. The molecule has 3 heteroatoms. The summed E-state index contributed by atoms with van der Waals surface area (Å²) in [6.07, 6.45) is 14.9. The Balaban J connectivity index is 1.67. The summed E-state index contributed by atoms with van der Waals surface area (Å²) in [7, 11) is 0. The molecule has 5 rings (SSSR count). The molecule has 4 N–H and O–H groups in total. The Morgan fingerprint density at radius 3 is 1.98 bits per heavy atom. The van der Waals surface area contributed by atoms with Crippen LogP contribution in [0.2, 0.25) is 0 Å². The molecule has 1 aromatic heterocycles. The smallest absolute Gasteiger partial charge is 0.0572 e. The predicted octanol–water partition coefficient (Wildman–Crippen LogP) is 11.2. The van der Waals surface area contributed by atoms with E-state index in [1.54, 1.807) is 18.5 Å². The highest BCUT2D eigenvalue weighted by molar-refractivity contribution is 5.91. The Morgan fingerprint density at radius 1 is 0.688 bits per heavy atom. The fraction of sp³-hybridized carbons (Fsp3) is 0.0667. The summed E-state index contributed by atoms with van der Waals surface area (Å²) in [6.45, 7) is 18.8. The number of para-hydroxylation sites is 1. The minimum Gasteiger partial charge on any atom is -0.405 e. The van der Waals surface area contributed by atoms with Crippen LogP contribution in [-0.4, -0.2) is 4.57 Å². The molecular formula is C45H43N3. The lowest BCUT2D eigenvalue weighted by atomic mass is 9.94. The van der Waals surface area contributed by atoms with Gasteiger partial charge < -0.3 is 16.0 Å². The largest absolute Gasteiger partial charge is 0.405 e. The zero-order valence-corrected chi connectivity index (χ0v) is 28.1. The molecule has 238 valence electrons. The van der Waals surface area contributed by atoms with Crippen LogP contribution in [0.15, 0.2) is 154 Å². The van der Waals surface area contributed by atoms with E-state index in [9.17, 15) is 0 Å². The van der Waals surface area contributed by atoms with E-state index in [1.807, 2.05) is 30.4 Å². The lowest BCUT2D eigenvalue weighted by Gasteiger charge is -2.17. The molecular weight excluding hydrogens is 583 g/mol. The molecule has 0 atom stereocenters. The third kappa shape index (κ3) is 6.72. The number of nitrogens with zero attached hydrogens (tertiary/aromatic N) is 1. The molecule has 0 aliphatic rings. The van der Waals surface area contributed by atoms with Gasteiger partial charge >= 0.3 is 0 Å². The third-order valence-electron chi connectivity index (χ3n) is 8.88. The van der Waals surface area contributed by atoms with Gasteiger partial charge in [0.05, 0.1) is 11.4 Å². The van der Waals surface area contributed by atoms with Crippen molar-refractivity contribution in [3.8, 4) is 28.1 Å². The Kier molecular flexibility index (Phi) is 10.4. The van der Waals surface area contributed by atoms with Crippen LogP contribution in [0, 0.1) is 13.8 Å². The topological polar surface area (TPSA) is 57.0 Å². The highest BCUT2D eigenvalue weighted by Crippen LogP contribution is 2.39. The summed E-state index contributed by atoms with van der Waals surface area (Å²) >= 11 is 0. The van der Waals surface area contributed by atoms with Gasteiger partial charge in [-0.05, 0) is 125 Å². The van der Waals surface area contributed by atoms with Gasteiger partial charge in [0.25, 0.3) is 0 Å². The van der Waals surface area contributed by atoms with Gasteiger partial charge in [-0.2, -0.15) is 0 Å². The van der Waals surface area contributed by atoms with Crippen molar-refractivity contribution < 1.29 is 0 Å². The second kappa shape index (κ2) is 15.0. The number of allylic oxidation sites excluding steroid dienone is 7. The molecule has 4 aromatic carbocycles. The van der Waals surface area contributed by atoms with Gasteiger partial charge in [0.2, 0.25) is 0 Å². The molecule has 0 unspecified atom stereocenters. The summed E-state index contributed by atoms with van der Waals surface area (Å²) in [6, 6.07) is 34.1. The van der Waals surface area contributed by atoms with Gasteiger partial charge in [0.15, 0.2) is 0 Å². The first-order valence-electron chi connectivity index (χ1n) is 16.0. The summed E-state index contributed by atoms with van der Waals surface area (Å²) < 4.78 is 2.36. The Bertz CT molecular complexity index is 2100. The maximum atomic E-state index is 5.81. The van der Waals surface area contributed by atoms with Crippen LogP contribution < -0.4 is 11.5 Å². The van der Waals surface area contributed by atoms with E-state index in [4.69, 9.17) is 11.5 Å². The van der Waals surface area contributed by atoms with Crippen molar-refractivity contribution in [1.29, 1.82) is 0 Å². The maximum absolute atomic E-state index is 5.81. The number of benzene rings is 4. The Hall–Kier alpha value is -6.06. The average Bonchev–Trinajstić information content (AvgIpc) is 3.38. The molecule has 0 spiro atoms. The summed E-state index contributed by atoms with van der Waals surface area (Å²) in [5, 5.41) is 0. The maximum Gasteiger partial charge on any atom is 0.0572 e. The number of rotatable bonds is 11. The van der Waals surface area contributed by atoms with Crippen LogP contribution in [0.1, 0.15) is 46.0 Å². The minimum absolute atomic E-state index is 0.892. The zero-order valence-electron chi connectivity index (χ0n) is 28.1. The SMILES string of the molecule is C=C/C(=C\N)c1ccc(/C(C=C)=C/c2c(C)c(C)c(-c3ccc(-c4cccc(/C(C)=C/C=C\N)c4)cc3C=C)n2-c2ccccc2)cc1. The summed E-state index contributed by atoms with van der Waals surface area (Å²) in [4.78, 5) is 0. The van der Waals surface area contributed by atoms with E-state index in [-0.39, 0.29) is 0 Å². The first kappa shape index (κ1) is 33.3. The van der Waals surface area contributed by atoms with E-state index in [0.29, 0.717) is 0 Å². The minimum atomic E-state index is 0.892. The van der Waals surface area contributed by atoms with Gasteiger partial charge in [-0.15, -0.1) is 0 Å². The van der Waals surface area contributed by atoms with E-state index in [0.717, 1.165) is 72.7 Å². The summed E-state index contributed by atoms with van der Waals surface area (Å²) in [5.41, 5.74) is 27.9. The molecule has 0 saturated heterocycles. The first-order chi connectivity index (χ1) is 23.3. The van der Waals surface area contributed by atoms with Crippen molar-refractivity contribution in [3.05, 3.63) is 193 Å². The van der Waals surface area contributed by atoms with Crippen molar-refractivity contribution in [2.75, 3.05) is 0 Å². The number of nitrogens with two attached hydrogens (primary N) is 2. The zero-order chi connectivity index (χ0) is 34.2. The van der Waals surface area contributed by atoms with Crippen molar-refractivity contribution in [2.24, 2.45) is 11.5 Å². The van der Waals surface area contributed by atoms with Gasteiger partial charge in [-0.25, -0.2) is 0 Å². The van der Waals surface area contributed by atoms with Crippen molar-refractivity contribution >= 4 is 28.9 Å². The molecule has 1 heterocycles. The monoisotopic (exact) mass is 625 g/mol. The first-order valence-corrected chi connectivity index (χ1v) is 16.0. The van der Waals surface area contributed by atoms with Crippen LogP contribution in [-0.2, 0) is 0 Å². The molecule has 0 amide bonds. The van der Waals surface area contributed by atoms with E-state index < -0.39 is 0 Å².